The summed E-state index contributed by atoms with van der Waals surface area (Å²) in [6.45, 7) is 2.44. The predicted molar refractivity (Wildman–Crippen MR) is 130 cm³/mol. The molecule has 0 spiro atoms. The van der Waals surface area contributed by atoms with Crippen LogP contribution in [-0.2, 0) is 13.3 Å². The average molecular weight is 499 g/mol. The highest BCUT2D eigenvalue weighted by Crippen LogP contribution is 2.27. The fourth-order valence-electron chi connectivity index (χ4n) is 3.02. The van der Waals surface area contributed by atoms with Crippen molar-refractivity contribution < 1.29 is 14.3 Å². The summed E-state index contributed by atoms with van der Waals surface area (Å²) in [4.78, 5) is 25.6. The quantitative estimate of drug-likeness (QED) is 0.357. The third kappa shape index (κ3) is 5.56. The lowest BCUT2D eigenvalue weighted by atomic mass is 10.3. The molecule has 0 saturated carbocycles. The SMILES string of the molecule is CCn1cc(NC(=O)c2ccn(COc3ccc(Cl)cc3Cl)n2)c(C(=O)Nc2ccccc2)n1. The first kappa shape index (κ1) is 23.3. The molecule has 0 aliphatic carbocycles. The number of amides is 2. The van der Waals surface area contributed by atoms with Crippen LogP contribution in [0.4, 0.5) is 11.4 Å². The molecule has 2 N–H and O–H groups in total. The molecule has 0 aliphatic heterocycles. The normalized spacial score (nSPS) is 10.7. The Bertz CT molecular complexity index is 1320. The molecule has 4 aromatic rings. The summed E-state index contributed by atoms with van der Waals surface area (Å²) in [5.41, 5.74) is 1.14. The lowest BCUT2D eigenvalue weighted by molar-refractivity contribution is 0.102. The first-order valence-corrected chi connectivity index (χ1v) is 11.0. The maximum absolute atomic E-state index is 12.8. The van der Waals surface area contributed by atoms with Gasteiger partial charge in [-0.1, -0.05) is 41.4 Å². The van der Waals surface area contributed by atoms with Gasteiger partial charge in [0.05, 0.1) is 10.7 Å². The highest BCUT2D eigenvalue weighted by molar-refractivity contribution is 6.35. The molecule has 174 valence electrons. The lowest BCUT2D eigenvalue weighted by Crippen LogP contribution is -2.18. The molecule has 0 atom stereocenters. The first-order valence-electron chi connectivity index (χ1n) is 10.3. The Morgan fingerprint density at radius 2 is 1.76 bits per heavy atom. The number of benzene rings is 2. The fraction of sp³-hybridized carbons (Fsp3) is 0.130. The highest BCUT2D eigenvalue weighted by Gasteiger charge is 2.20. The van der Waals surface area contributed by atoms with Crippen LogP contribution in [0.2, 0.25) is 10.0 Å². The van der Waals surface area contributed by atoms with E-state index in [9.17, 15) is 9.59 Å². The van der Waals surface area contributed by atoms with Gasteiger partial charge in [-0.05, 0) is 43.3 Å². The van der Waals surface area contributed by atoms with Crippen molar-refractivity contribution in [3.05, 3.63) is 88.4 Å². The van der Waals surface area contributed by atoms with Crippen molar-refractivity contribution in [2.45, 2.75) is 20.2 Å². The van der Waals surface area contributed by atoms with E-state index in [2.05, 4.69) is 20.8 Å². The monoisotopic (exact) mass is 498 g/mol. The van der Waals surface area contributed by atoms with Gasteiger partial charge >= 0.3 is 0 Å². The Labute approximate surface area is 205 Å². The van der Waals surface area contributed by atoms with Gasteiger partial charge in [0.25, 0.3) is 11.8 Å². The van der Waals surface area contributed by atoms with E-state index in [1.165, 1.54) is 10.7 Å². The van der Waals surface area contributed by atoms with Crippen LogP contribution in [0.15, 0.2) is 67.0 Å². The molecule has 2 heterocycles. The summed E-state index contributed by atoms with van der Waals surface area (Å²) in [6, 6.07) is 15.4. The number of nitrogens with one attached hydrogen (secondary N) is 2. The molecule has 2 aromatic heterocycles. The largest absolute Gasteiger partial charge is 0.470 e. The summed E-state index contributed by atoms with van der Waals surface area (Å²) < 4.78 is 8.64. The number of carbonyl (C=O) groups is 2. The number of carbonyl (C=O) groups excluding carboxylic acids is 2. The minimum absolute atomic E-state index is 0.0349. The summed E-state index contributed by atoms with van der Waals surface area (Å²) in [5.74, 6) is -0.492. The minimum atomic E-state index is -0.493. The molecule has 9 nitrogen and oxygen atoms in total. The zero-order valence-corrected chi connectivity index (χ0v) is 19.5. The van der Waals surface area contributed by atoms with Crippen molar-refractivity contribution in [1.29, 1.82) is 0 Å². The third-order valence-electron chi connectivity index (χ3n) is 4.70. The standard InChI is InChI=1S/C23H20Cl2N6O3/c1-2-30-13-19(21(29-30)23(33)26-16-6-4-3-5-7-16)27-22(32)18-10-11-31(28-18)14-34-20-9-8-15(24)12-17(20)25/h3-13H,2,14H2,1H3,(H,26,33)(H,27,32). The summed E-state index contributed by atoms with van der Waals surface area (Å²) in [7, 11) is 0. The lowest BCUT2D eigenvalue weighted by Gasteiger charge is -2.08. The Morgan fingerprint density at radius 3 is 2.50 bits per heavy atom. The molecular formula is C23H20Cl2N6O3. The molecule has 2 amide bonds. The van der Waals surface area contributed by atoms with Crippen molar-refractivity contribution in [3.8, 4) is 5.75 Å². The van der Waals surface area contributed by atoms with Gasteiger partial charge in [0.2, 0.25) is 0 Å². The van der Waals surface area contributed by atoms with Crippen LogP contribution in [0, 0.1) is 0 Å². The van der Waals surface area contributed by atoms with E-state index < -0.39 is 11.8 Å². The van der Waals surface area contributed by atoms with E-state index in [1.54, 1.807) is 47.4 Å². The van der Waals surface area contributed by atoms with Crippen molar-refractivity contribution in [2.75, 3.05) is 10.6 Å². The van der Waals surface area contributed by atoms with Crippen LogP contribution in [0.1, 0.15) is 27.9 Å². The molecule has 0 radical (unpaired) electrons. The average Bonchev–Trinajstić information content (AvgIpc) is 3.46. The van der Waals surface area contributed by atoms with Crippen LogP contribution in [0.5, 0.6) is 5.75 Å². The van der Waals surface area contributed by atoms with Crippen molar-refractivity contribution in [1.82, 2.24) is 19.6 Å². The van der Waals surface area contributed by atoms with Crippen LogP contribution >= 0.6 is 23.2 Å². The molecule has 0 fully saturated rings. The van der Waals surface area contributed by atoms with Gasteiger partial charge < -0.3 is 15.4 Å². The second-order valence-electron chi connectivity index (χ2n) is 7.11. The summed E-state index contributed by atoms with van der Waals surface area (Å²) in [5, 5.41) is 14.9. The predicted octanol–water partition coefficient (Wildman–Crippen LogP) is 4.95. The van der Waals surface area contributed by atoms with Crippen molar-refractivity contribution in [3.63, 3.8) is 0 Å². The number of ether oxygens (including phenoxy) is 1. The molecule has 4 rings (SSSR count). The maximum Gasteiger partial charge on any atom is 0.278 e. The van der Waals surface area contributed by atoms with E-state index >= 15 is 0 Å². The Hall–Kier alpha value is -3.82. The number of anilines is 2. The number of rotatable bonds is 8. The second kappa shape index (κ2) is 10.4. The molecule has 0 aliphatic rings. The van der Waals surface area contributed by atoms with E-state index in [1.807, 2.05) is 25.1 Å². The number of halogens is 2. The Balaban J connectivity index is 1.44. The van der Waals surface area contributed by atoms with Crippen LogP contribution in [-0.4, -0.2) is 31.4 Å². The topological polar surface area (TPSA) is 103 Å². The fourth-order valence-corrected chi connectivity index (χ4v) is 3.49. The van der Waals surface area contributed by atoms with Gasteiger partial charge in [-0.2, -0.15) is 10.2 Å². The van der Waals surface area contributed by atoms with E-state index in [0.29, 0.717) is 28.0 Å². The van der Waals surface area contributed by atoms with Crippen LogP contribution in [0.3, 0.4) is 0 Å². The van der Waals surface area contributed by atoms with E-state index in [0.717, 1.165) is 0 Å². The Kier molecular flexibility index (Phi) is 7.15. The van der Waals surface area contributed by atoms with Crippen LogP contribution < -0.4 is 15.4 Å². The molecule has 0 bridgehead atoms. The minimum Gasteiger partial charge on any atom is -0.470 e. The number of aromatic nitrogens is 4. The maximum atomic E-state index is 12.8. The number of nitrogens with zero attached hydrogens (tertiary/aromatic N) is 4. The number of para-hydroxylation sites is 1. The zero-order chi connectivity index (χ0) is 24.1. The van der Waals surface area contributed by atoms with Crippen molar-refractivity contribution in [2.24, 2.45) is 0 Å². The molecule has 11 heteroatoms. The van der Waals surface area contributed by atoms with Gasteiger partial charge in [0.15, 0.2) is 18.1 Å². The molecule has 0 unspecified atom stereocenters. The molecule has 2 aromatic carbocycles. The molecule has 0 saturated heterocycles. The molecule has 34 heavy (non-hydrogen) atoms. The van der Waals surface area contributed by atoms with Gasteiger partial charge in [-0.3, -0.25) is 14.3 Å². The van der Waals surface area contributed by atoms with Crippen molar-refractivity contribution >= 4 is 46.4 Å². The zero-order valence-electron chi connectivity index (χ0n) is 18.0. The van der Waals surface area contributed by atoms with Gasteiger partial charge in [-0.25, -0.2) is 4.68 Å². The van der Waals surface area contributed by atoms with Gasteiger partial charge in [0.1, 0.15) is 5.75 Å². The second-order valence-corrected chi connectivity index (χ2v) is 7.95. The van der Waals surface area contributed by atoms with E-state index in [4.69, 9.17) is 27.9 Å². The third-order valence-corrected chi connectivity index (χ3v) is 5.23. The number of aryl methyl sites for hydroxylation is 1. The number of hydrogen-bond donors (Lipinski definition) is 2. The number of hydrogen-bond acceptors (Lipinski definition) is 5. The van der Waals surface area contributed by atoms with E-state index in [-0.39, 0.29) is 23.8 Å². The molecular weight excluding hydrogens is 479 g/mol. The highest BCUT2D eigenvalue weighted by atomic mass is 35.5. The summed E-state index contributed by atoms with van der Waals surface area (Å²) in [6.07, 6.45) is 3.19. The van der Waals surface area contributed by atoms with Crippen LogP contribution in [0.25, 0.3) is 0 Å². The first-order chi connectivity index (χ1) is 16.4. The Morgan fingerprint density at radius 1 is 0.971 bits per heavy atom. The smallest absolute Gasteiger partial charge is 0.278 e. The summed E-state index contributed by atoms with van der Waals surface area (Å²) >= 11 is 12.0. The van der Waals surface area contributed by atoms with Gasteiger partial charge in [0, 0.05) is 29.6 Å². The van der Waals surface area contributed by atoms with Gasteiger partial charge in [-0.15, -0.1) is 0 Å².